The summed E-state index contributed by atoms with van der Waals surface area (Å²) in [6.07, 6.45) is 1.06. The Balaban J connectivity index is 2.40. The molecule has 0 spiro atoms. The van der Waals surface area contributed by atoms with Crippen molar-refractivity contribution in [3.05, 3.63) is 23.2 Å². The molecule has 0 heterocycles. The van der Waals surface area contributed by atoms with E-state index in [1.807, 2.05) is 0 Å². The van der Waals surface area contributed by atoms with E-state index in [1.54, 1.807) is 25.2 Å². The molecule has 88 valence electrons. The van der Waals surface area contributed by atoms with E-state index in [0.717, 1.165) is 0 Å². The summed E-state index contributed by atoms with van der Waals surface area (Å²) in [4.78, 5) is 10.9. The molecule has 16 heavy (non-hydrogen) atoms. The van der Waals surface area contributed by atoms with E-state index < -0.39 is 0 Å². The van der Waals surface area contributed by atoms with Crippen molar-refractivity contribution in [3.8, 4) is 5.75 Å². The Hall–Kier alpha value is -1.42. The molecule has 0 saturated carbocycles. The van der Waals surface area contributed by atoms with Crippen molar-refractivity contribution in [2.24, 2.45) is 0 Å². The molecule has 0 aromatic heterocycles. The van der Waals surface area contributed by atoms with Crippen LogP contribution in [0.15, 0.2) is 18.2 Å². The molecule has 0 unspecified atom stereocenters. The standard InChI is InChI=1S/C11H15ClN2O2/c1-14-10(15)6-3-7-16-11-8(12)4-2-5-9(11)13/h2,4-5H,3,6-7,13H2,1H3,(H,14,15). The van der Waals surface area contributed by atoms with E-state index in [-0.39, 0.29) is 5.91 Å². The lowest BCUT2D eigenvalue weighted by atomic mass is 10.3. The fourth-order valence-corrected chi connectivity index (χ4v) is 1.45. The highest BCUT2D eigenvalue weighted by molar-refractivity contribution is 6.32. The summed E-state index contributed by atoms with van der Waals surface area (Å²) < 4.78 is 5.43. The number of carbonyl (C=O) groups excluding carboxylic acids is 1. The monoisotopic (exact) mass is 242 g/mol. The molecule has 0 bridgehead atoms. The number of benzene rings is 1. The van der Waals surface area contributed by atoms with Gasteiger partial charge >= 0.3 is 0 Å². The molecule has 4 nitrogen and oxygen atoms in total. The van der Waals surface area contributed by atoms with Crippen LogP contribution in [0.25, 0.3) is 0 Å². The number of rotatable bonds is 5. The second-order valence-corrected chi connectivity index (χ2v) is 3.69. The van der Waals surface area contributed by atoms with Gasteiger partial charge in [-0.25, -0.2) is 0 Å². The van der Waals surface area contributed by atoms with Crippen LogP contribution in [0, 0.1) is 0 Å². The van der Waals surface area contributed by atoms with E-state index in [9.17, 15) is 4.79 Å². The number of para-hydroxylation sites is 1. The third-order valence-electron chi connectivity index (χ3n) is 2.07. The van der Waals surface area contributed by atoms with Crippen molar-refractivity contribution < 1.29 is 9.53 Å². The van der Waals surface area contributed by atoms with Crippen LogP contribution >= 0.6 is 11.6 Å². The molecule has 0 aliphatic heterocycles. The Morgan fingerprint density at radius 3 is 2.94 bits per heavy atom. The number of nitrogens with two attached hydrogens (primary N) is 1. The first-order valence-electron chi connectivity index (χ1n) is 5.02. The molecule has 1 amide bonds. The van der Waals surface area contributed by atoms with Crippen LogP contribution in [0.4, 0.5) is 5.69 Å². The predicted octanol–water partition coefficient (Wildman–Crippen LogP) is 1.83. The minimum atomic E-state index is -0.00395. The predicted molar refractivity (Wildman–Crippen MR) is 64.7 cm³/mol. The van der Waals surface area contributed by atoms with Gasteiger partial charge in [-0.1, -0.05) is 17.7 Å². The fourth-order valence-electron chi connectivity index (χ4n) is 1.21. The van der Waals surface area contributed by atoms with Crippen molar-refractivity contribution >= 4 is 23.2 Å². The van der Waals surface area contributed by atoms with Gasteiger partial charge < -0.3 is 15.8 Å². The second kappa shape index (κ2) is 6.23. The number of hydrogen-bond acceptors (Lipinski definition) is 3. The normalized spacial score (nSPS) is 9.88. The third kappa shape index (κ3) is 3.62. The lowest BCUT2D eigenvalue weighted by Gasteiger charge is -2.09. The third-order valence-corrected chi connectivity index (χ3v) is 2.37. The number of ether oxygens (including phenoxy) is 1. The summed E-state index contributed by atoms with van der Waals surface area (Å²) in [5, 5.41) is 3.03. The highest BCUT2D eigenvalue weighted by atomic mass is 35.5. The first kappa shape index (κ1) is 12.6. The molecule has 5 heteroatoms. The highest BCUT2D eigenvalue weighted by Gasteiger charge is 2.05. The van der Waals surface area contributed by atoms with Crippen LogP contribution in [0.2, 0.25) is 5.02 Å². The van der Waals surface area contributed by atoms with Gasteiger partial charge in [-0.2, -0.15) is 0 Å². The minimum Gasteiger partial charge on any atom is -0.490 e. The Morgan fingerprint density at radius 1 is 1.56 bits per heavy atom. The summed E-state index contributed by atoms with van der Waals surface area (Å²) in [5.41, 5.74) is 6.21. The van der Waals surface area contributed by atoms with Crippen molar-refractivity contribution in [1.29, 1.82) is 0 Å². The van der Waals surface area contributed by atoms with E-state index in [4.69, 9.17) is 22.1 Å². The summed E-state index contributed by atoms with van der Waals surface area (Å²) in [6, 6.07) is 5.20. The van der Waals surface area contributed by atoms with Crippen LogP contribution in [-0.2, 0) is 4.79 Å². The highest BCUT2D eigenvalue weighted by Crippen LogP contribution is 2.30. The van der Waals surface area contributed by atoms with Gasteiger partial charge in [0.25, 0.3) is 0 Å². The molecule has 0 fully saturated rings. The maximum absolute atomic E-state index is 10.9. The number of amides is 1. The number of hydrogen-bond donors (Lipinski definition) is 2. The molecule has 0 radical (unpaired) electrons. The van der Waals surface area contributed by atoms with Gasteiger partial charge in [-0.05, 0) is 18.6 Å². The Morgan fingerprint density at radius 2 is 2.31 bits per heavy atom. The van der Waals surface area contributed by atoms with Gasteiger partial charge in [0.2, 0.25) is 5.91 Å². The smallest absolute Gasteiger partial charge is 0.219 e. The van der Waals surface area contributed by atoms with Crippen LogP contribution in [-0.4, -0.2) is 19.6 Å². The van der Waals surface area contributed by atoms with Crippen molar-refractivity contribution in [3.63, 3.8) is 0 Å². The number of halogens is 1. The van der Waals surface area contributed by atoms with Crippen molar-refractivity contribution in [2.45, 2.75) is 12.8 Å². The van der Waals surface area contributed by atoms with Gasteiger partial charge in [0, 0.05) is 13.5 Å². The molecular weight excluding hydrogens is 228 g/mol. The Labute approximate surface area is 99.7 Å². The molecule has 0 atom stereocenters. The Bertz CT molecular complexity index is 349. The zero-order valence-corrected chi connectivity index (χ0v) is 9.88. The van der Waals surface area contributed by atoms with Crippen LogP contribution in [0.3, 0.4) is 0 Å². The average Bonchev–Trinajstić information content (AvgIpc) is 2.27. The van der Waals surface area contributed by atoms with Crippen molar-refractivity contribution in [1.82, 2.24) is 5.32 Å². The van der Waals surface area contributed by atoms with Gasteiger partial charge in [0.15, 0.2) is 5.75 Å². The topological polar surface area (TPSA) is 64.3 Å². The molecule has 0 aliphatic rings. The van der Waals surface area contributed by atoms with Crippen LogP contribution < -0.4 is 15.8 Å². The molecule has 1 rings (SSSR count). The lowest BCUT2D eigenvalue weighted by molar-refractivity contribution is -0.120. The summed E-state index contributed by atoms with van der Waals surface area (Å²) in [5.74, 6) is 0.483. The molecule has 3 N–H and O–H groups in total. The SMILES string of the molecule is CNC(=O)CCCOc1c(N)cccc1Cl. The lowest BCUT2D eigenvalue weighted by Crippen LogP contribution is -2.18. The Kier molecular flexibility index (Phi) is 4.92. The second-order valence-electron chi connectivity index (χ2n) is 3.28. The minimum absolute atomic E-state index is 0.00395. The summed E-state index contributed by atoms with van der Waals surface area (Å²) in [7, 11) is 1.61. The molecular formula is C11H15ClN2O2. The summed E-state index contributed by atoms with van der Waals surface area (Å²) in [6.45, 7) is 0.418. The molecule has 0 saturated heterocycles. The van der Waals surface area contributed by atoms with Crippen LogP contribution in [0.1, 0.15) is 12.8 Å². The maximum Gasteiger partial charge on any atom is 0.219 e. The summed E-state index contributed by atoms with van der Waals surface area (Å²) >= 11 is 5.91. The fraction of sp³-hybridized carbons (Fsp3) is 0.364. The number of carbonyl (C=O) groups is 1. The van der Waals surface area contributed by atoms with Gasteiger partial charge in [0.05, 0.1) is 17.3 Å². The van der Waals surface area contributed by atoms with Gasteiger partial charge in [-0.3, -0.25) is 4.79 Å². The van der Waals surface area contributed by atoms with E-state index >= 15 is 0 Å². The first-order chi connectivity index (χ1) is 7.65. The molecule has 1 aromatic rings. The van der Waals surface area contributed by atoms with E-state index in [0.29, 0.717) is 35.9 Å². The van der Waals surface area contributed by atoms with E-state index in [1.165, 1.54) is 0 Å². The number of nitrogen functional groups attached to an aromatic ring is 1. The van der Waals surface area contributed by atoms with Crippen molar-refractivity contribution in [2.75, 3.05) is 19.4 Å². The average molecular weight is 243 g/mol. The zero-order chi connectivity index (χ0) is 12.0. The van der Waals surface area contributed by atoms with Gasteiger partial charge in [0.1, 0.15) is 0 Å². The van der Waals surface area contributed by atoms with E-state index in [2.05, 4.69) is 5.32 Å². The molecule has 1 aromatic carbocycles. The zero-order valence-electron chi connectivity index (χ0n) is 9.13. The molecule has 0 aliphatic carbocycles. The quantitative estimate of drug-likeness (QED) is 0.612. The number of anilines is 1. The maximum atomic E-state index is 10.9. The van der Waals surface area contributed by atoms with Gasteiger partial charge in [-0.15, -0.1) is 0 Å². The first-order valence-corrected chi connectivity index (χ1v) is 5.40. The van der Waals surface area contributed by atoms with Crippen LogP contribution in [0.5, 0.6) is 5.75 Å². The number of nitrogens with one attached hydrogen (secondary N) is 1. The largest absolute Gasteiger partial charge is 0.490 e.